The standard InChI is InChI=1S/C28H39NO3/c1-4-28(2)21-29(16-17-31-20-22-10-6-5-7-11-22)19-25(28)23-14-15-26(30-3)27(18-23)32-24-12-8-9-13-24/h5-7,10-11,14-15,18,24-25H,4,8-9,12-13,16-17,19-21H2,1-3H3/t25-,28+/m0/s1. The largest absolute Gasteiger partial charge is 0.493 e. The molecule has 4 rings (SSSR count). The molecular formula is C28H39NO3. The minimum atomic E-state index is 0.249. The van der Waals surface area contributed by atoms with E-state index in [1.165, 1.54) is 24.0 Å². The van der Waals surface area contributed by atoms with Crippen LogP contribution in [0.15, 0.2) is 48.5 Å². The molecule has 0 unspecified atom stereocenters. The Balaban J connectivity index is 1.40. The summed E-state index contributed by atoms with van der Waals surface area (Å²) in [5.41, 5.74) is 2.85. The maximum absolute atomic E-state index is 6.39. The summed E-state index contributed by atoms with van der Waals surface area (Å²) in [6.07, 6.45) is 6.33. The Hall–Kier alpha value is -2.04. The van der Waals surface area contributed by atoms with E-state index in [-0.39, 0.29) is 5.41 Å². The summed E-state index contributed by atoms with van der Waals surface area (Å²) in [5, 5.41) is 0. The van der Waals surface area contributed by atoms with E-state index in [4.69, 9.17) is 14.2 Å². The molecule has 0 bridgehead atoms. The third-order valence-corrected chi connectivity index (χ3v) is 7.52. The Kier molecular flexibility index (Phi) is 7.75. The number of benzene rings is 2. The summed E-state index contributed by atoms with van der Waals surface area (Å²) in [5.74, 6) is 2.25. The second kappa shape index (κ2) is 10.7. The van der Waals surface area contributed by atoms with Crippen LogP contribution in [-0.4, -0.2) is 44.4 Å². The molecule has 1 saturated carbocycles. The molecule has 2 aliphatic rings. The van der Waals surface area contributed by atoms with Crippen molar-refractivity contribution in [3.8, 4) is 11.5 Å². The van der Waals surface area contributed by atoms with Crippen LogP contribution in [0.25, 0.3) is 0 Å². The number of ether oxygens (including phenoxy) is 3. The van der Waals surface area contributed by atoms with E-state index < -0.39 is 0 Å². The van der Waals surface area contributed by atoms with Gasteiger partial charge in [0.15, 0.2) is 11.5 Å². The summed E-state index contributed by atoms with van der Waals surface area (Å²) in [6.45, 7) is 9.35. The fourth-order valence-corrected chi connectivity index (χ4v) is 5.35. The molecule has 2 aromatic rings. The molecule has 1 aliphatic carbocycles. The molecule has 0 radical (unpaired) electrons. The van der Waals surface area contributed by atoms with Gasteiger partial charge in [0.25, 0.3) is 0 Å². The Morgan fingerprint density at radius 2 is 1.81 bits per heavy atom. The predicted octanol–water partition coefficient (Wildman–Crippen LogP) is 6.05. The summed E-state index contributed by atoms with van der Waals surface area (Å²) in [6, 6.07) is 17.0. The molecule has 0 aromatic heterocycles. The van der Waals surface area contributed by atoms with Gasteiger partial charge in [-0.1, -0.05) is 50.2 Å². The highest BCUT2D eigenvalue weighted by Crippen LogP contribution is 2.46. The second-order valence-corrected chi connectivity index (χ2v) is 9.77. The van der Waals surface area contributed by atoms with Crippen molar-refractivity contribution in [1.82, 2.24) is 4.90 Å². The topological polar surface area (TPSA) is 30.9 Å². The van der Waals surface area contributed by atoms with Gasteiger partial charge >= 0.3 is 0 Å². The summed E-state index contributed by atoms with van der Waals surface area (Å²) >= 11 is 0. The van der Waals surface area contributed by atoms with Gasteiger partial charge in [-0.2, -0.15) is 0 Å². The molecule has 0 amide bonds. The van der Waals surface area contributed by atoms with Crippen LogP contribution >= 0.6 is 0 Å². The van der Waals surface area contributed by atoms with Gasteiger partial charge in [-0.05, 0) is 60.8 Å². The van der Waals surface area contributed by atoms with E-state index in [1.54, 1.807) is 7.11 Å². The highest BCUT2D eigenvalue weighted by Gasteiger charge is 2.42. The lowest BCUT2D eigenvalue weighted by molar-refractivity contribution is 0.0959. The van der Waals surface area contributed by atoms with Crippen molar-refractivity contribution in [2.45, 2.75) is 64.6 Å². The first-order chi connectivity index (χ1) is 15.6. The number of nitrogens with zero attached hydrogens (tertiary/aromatic N) is 1. The highest BCUT2D eigenvalue weighted by molar-refractivity contribution is 5.45. The Labute approximate surface area is 193 Å². The van der Waals surface area contributed by atoms with Gasteiger partial charge in [-0.25, -0.2) is 0 Å². The minimum Gasteiger partial charge on any atom is -0.493 e. The van der Waals surface area contributed by atoms with Crippen LogP contribution in [0.1, 0.15) is 63.0 Å². The van der Waals surface area contributed by atoms with Gasteiger partial charge in [0.1, 0.15) is 0 Å². The molecule has 32 heavy (non-hydrogen) atoms. The van der Waals surface area contributed by atoms with E-state index in [0.29, 0.717) is 18.6 Å². The van der Waals surface area contributed by atoms with Crippen molar-refractivity contribution in [1.29, 1.82) is 0 Å². The third kappa shape index (κ3) is 5.47. The van der Waals surface area contributed by atoms with Crippen LogP contribution in [0.3, 0.4) is 0 Å². The van der Waals surface area contributed by atoms with Crippen LogP contribution in [0, 0.1) is 5.41 Å². The van der Waals surface area contributed by atoms with Crippen molar-refractivity contribution in [3.63, 3.8) is 0 Å². The molecule has 2 aromatic carbocycles. The maximum atomic E-state index is 6.39. The van der Waals surface area contributed by atoms with Gasteiger partial charge < -0.3 is 14.2 Å². The first-order valence-electron chi connectivity index (χ1n) is 12.3. The predicted molar refractivity (Wildman–Crippen MR) is 130 cm³/mol. The molecule has 1 aliphatic heterocycles. The van der Waals surface area contributed by atoms with Crippen LogP contribution in [0.2, 0.25) is 0 Å². The quantitative estimate of drug-likeness (QED) is 0.424. The van der Waals surface area contributed by atoms with E-state index in [0.717, 1.165) is 57.0 Å². The molecule has 1 heterocycles. The number of hydrogen-bond acceptors (Lipinski definition) is 4. The first-order valence-corrected chi connectivity index (χ1v) is 12.3. The molecule has 2 fully saturated rings. The lowest BCUT2D eigenvalue weighted by atomic mass is 9.74. The average Bonchev–Trinajstić information content (AvgIpc) is 3.45. The fourth-order valence-electron chi connectivity index (χ4n) is 5.35. The van der Waals surface area contributed by atoms with Crippen LogP contribution in [0.5, 0.6) is 11.5 Å². The van der Waals surface area contributed by atoms with Crippen molar-refractivity contribution in [2.75, 3.05) is 33.4 Å². The van der Waals surface area contributed by atoms with Crippen LogP contribution < -0.4 is 9.47 Å². The van der Waals surface area contributed by atoms with E-state index >= 15 is 0 Å². The molecule has 4 nitrogen and oxygen atoms in total. The lowest BCUT2D eigenvalue weighted by Gasteiger charge is -2.30. The zero-order chi connectivity index (χ0) is 22.4. The van der Waals surface area contributed by atoms with Crippen LogP contribution in [0.4, 0.5) is 0 Å². The molecule has 174 valence electrons. The first kappa shape index (κ1) is 23.1. The SMILES string of the molecule is CC[C@]1(C)CN(CCOCc2ccccc2)C[C@H]1c1ccc(OC)c(OC2CCCC2)c1. The average molecular weight is 438 g/mol. The maximum Gasteiger partial charge on any atom is 0.161 e. The Morgan fingerprint density at radius 1 is 1.03 bits per heavy atom. The lowest BCUT2D eigenvalue weighted by Crippen LogP contribution is -2.28. The molecular weight excluding hydrogens is 398 g/mol. The van der Waals surface area contributed by atoms with E-state index in [1.807, 2.05) is 6.07 Å². The normalized spacial score (nSPS) is 24.2. The Morgan fingerprint density at radius 3 is 2.53 bits per heavy atom. The second-order valence-electron chi connectivity index (χ2n) is 9.77. The zero-order valence-electron chi connectivity index (χ0n) is 20.0. The van der Waals surface area contributed by atoms with E-state index in [2.05, 4.69) is 61.2 Å². The van der Waals surface area contributed by atoms with Crippen LogP contribution in [-0.2, 0) is 11.3 Å². The van der Waals surface area contributed by atoms with Gasteiger partial charge in [0.05, 0.1) is 26.4 Å². The summed E-state index contributed by atoms with van der Waals surface area (Å²) in [7, 11) is 1.74. The van der Waals surface area contributed by atoms with Gasteiger partial charge in [0, 0.05) is 25.6 Å². The van der Waals surface area contributed by atoms with Gasteiger partial charge in [-0.15, -0.1) is 0 Å². The Bertz CT molecular complexity index is 849. The van der Waals surface area contributed by atoms with Gasteiger partial charge in [0.2, 0.25) is 0 Å². The number of hydrogen-bond donors (Lipinski definition) is 0. The van der Waals surface area contributed by atoms with Crippen molar-refractivity contribution in [3.05, 3.63) is 59.7 Å². The monoisotopic (exact) mass is 437 g/mol. The molecule has 2 atom stereocenters. The van der Waals surface area contributed by atoms with Crippen molar-refractivity contribution < 1.29 is 14.2 Å². The minimum absolute atomic E-state index is 0.249. The number of likely N-dealkylation sites (tertiary alicyclic amines) is 1. The molecule has 4 heteroatoms. The van der Waals surface area contributed by atoms with Crippen molar-refractivity contribution in [2.24, 2.45) is 5.41 Å². The van der Waals surface area contributed by atoms with Gasteiger partial charge in [-0.3, -0.25) is 4.90 Å². The van der Waals surface area contributed by atoms with E-state index in [9.17, 15) is 0 Å². The number of methoxy groups -OCH3 is 1. The molecule has 1 saturated heterocycles. The summed E-state index contributed by atoms with van der Waals surface area (Å²) < 4.78 is 18.0. The summed E-state index contributed by atoms with van der Waals surface area (Å²) in [4.78, 5) is 2.57. The zero-order valence-corrected chi connectivity index (χ0v) is 20.0. The third-order valence-electron chi connectivity index (χ3n) is 7.52. The fraction of sp³-hybridized carbons (Fsp3) is 0.571. The molecule has 0 N–H and O–H groups in total. The number of rotatable bonds is 10. The highest BCUT2D eigenvalue weighted by atomic mass is 16.5. The molecule has 0 spiro atoms. The van der Waals surface area contributed by atoms with Crippen molar-refractivity contribution >= 4 is 0 Å². The smallest absolute Gasteiger partial charge is 0.161 e.